The van der Waals surface area contributed by atoms with E-state index in [0.29, 0.717) is 39.6 Å². The van der Waals surface area contributed by atoms with Gasteiger partial charge in [0.15, 0.2) is 11.5 Å². The van der Waals surface area contributed by atoms with Gasteiger partial charge in [0.25, 0.3) is 0 Å². The largest absolute Gasteiger partial charge is 0.493 e. The van der Waals surface area contributed by atoms with Crippen LogP contribution in [0.5, 0.6) is 34.5 Å². The van der Waals surface area contributed by atoms with Gasteiger partial charge in [0.1, 0.15) is 23.0 Å². The fourth-order valence-electron chi connectivity index (χ4n) is 5.72. The van der Waals surface area contributed by atoms with Gasteiger partial charge in [-0.3, -0.25) is 0 Å². The van der Waals surface area contributed by atoms with E-state index in [1.54, 1.807) is 0 Å². The first kappa shape index (κ1) is 45.8. The second-order valence-electron chi connectivity index (χ2n) is 14.0. The Labute approximate surface area is 339 Å². The molecule has 0 atom stereocenters. The Hall–Kier alpha value is -4.58. The van der Waals surface area contributed by atoms with Crippen molar-refractivity contribution in [2.24, 2.45) is 0 Å². The lowest BCUT2D eigenvalue weighted by Crippen LogP contribution is -2.05. The molecule has 0 bridgehead atoms. The van der Waals surface area contributed by atoms with Crippen molar-refractivity contribution >= 4 is 36.5 Å². The zero-order valence-corrected chi connectivity index (χ0v) is 35.5. The predicted octanol–water partition coefficient (Wildman–Crippen LogP) is 14.4. The first-order chi connectivity index (χ1) is 27.5. The van der Waals surface area contributed by atoms with Crippen LogP contribution in [0.1, 0.15) is 152 Å². The molecule has 3 rings (SSSR count). The first-order valence-electron chi connectivity index (χ1n) is 21.4. The molecule has 6 nitrogen and oxygen atoms in total. The molecule has 0 heterocycles. The van der Waals surface area contributed by atoms with Gasteiger partial charge in [0.05, 0.1) is 39.6 Å². The van der Waals surface area contributed by atoms with Crippen LogP contribution in [0.2, 0.25) is 0 Å². The first-order valence-corrected chi connectivity index (χ1v) is 21.4. The Morgan fingerprint density at radius 3 is 0.893 bits per heavy atom. The van der Waals surface area contributed by atoms with Crippen LogP contribution in [0.15, 0.2) is 49.6 Å². The van der Waals surface area contributed by atoms with Gasteiger partial charge in [-0.15, -0.1) is 0 Å². The number of ether oxygens (including phenoxy) is 6. The second kappa shape index (κ2) is 27.1. The van der Waals surface area contributed by atoms with Crippen molar-refractivity contribution in [2.75, 3.05) is 39.6 Å². The maximum absolute atomic E-state index is 6.61. The molecule has 0 saturated carbocycles. The smallest absolute Gasteiger partial charge is 0.168 e. The molecule has 0 fully saturated rings. The summed E-state index contributed by atoms with van der Waals surface area (Å²) in [5, 5.41) is 0. The Bertz CT molecular complexity index is 1550. The van der Waals surface area contributed by atoms with E-state index in [1.807, 2.05) is 24.3 Å². The Kier molecular flexibility index (Phi) is 22.2. The van der Waals surface area contributed by atoms with E-state index in [1.165, 1.54) is 0 Å². The van der Waals surface area contributed by atoms with Crippen molar-refractivity contribution in [3.63, 3.8) is 0 Å². The molecule has 306 valence electrons. The molecule has 0 unspecified atom stereocenters. The lowest BCUT2D eigenvalue weighted by atomic mass is 10.0. The van der Waals surface area contributed by atoms with Gasteiger partial charge < -0.3 is 28.4 Å². The summed E-state index contributed by atoms with van der Waals surface area (Å²) in [4.78, 5) is 0. The molecule has 0 spiro atoms. The zero-order valence-electron chi connectivity index (χ0n) is 35.5. The molecular weight excluding hydrogens is 697 g/mol. The topological polar surface area (TPSA) is 55.4 Å². The van der Waals surface area contributed by atoms with Crippen molar-refractivity contribution in [1.82, 2.24) is 0 Å². The van der Waals surface area contributed by atoms with Gasteiger partial charge in [0.2, 0.25) is 0 Å². The molecule has 0 aliphatic carbocycles. The van der Waals surface area contributed by atoms with Crippen LogP contribution in [0.3, 0.4) is 0 Å². The van der Waals surface area contributed by atoms with Gasteiger partial charge in [0, 0.05) is 33.4 Å². The minimum Gasteiger partial charge on any atom is -0.493 e. The van der Waals surface area contributed by atoms with Gasteiger partial charge in [-0.2, -0.15) is 0 Å². The third-order valence-corrected chi connectivity index (χ3v) is 9.29. The highest BCUT2D eigenvalue weighted by atomic mass is 16.5. The van der Waals surface area contributed by atoms with E-state index in [0.717, 1.165) is 145 Å². The van der Waals surface area contributed by atoms with E-state index in [9.17, 15) is 0 Å². The molecule has 0 aliphatic heterocycles. The monoisotopic (exact) mass is 767 g/mol. The van der Waals surface area contributed by atoms with Crippen molar-refractivity contribution in [3.8, 4) is 34.5 Å². The van der Waals surface area contributed by atoms with Gasteiger partial charge in [-0.25, -0.2) is 0 Å². The van der Waals surface area contributed by atoms with Crippen LogP contribution < -0.4 is 28.4 Å². The molecule has 0 aromatic heterocycles. The summed E-state index contributed by atoms with van der Waals surface area (Å²) in [7, 11) is 0. The summed E-state index contributed by atoms with van der Waals surface area (Å²) >= 11 is 0. The number of hydrogen-bond donors (Lipinski definition) is 0. The summed E-state index contributed by atoms with van der Waals surface area (Å²) in [5.74, 6) is 4.67. The van der Waals surface area contributed by atoms with E-state index < -0.39 is 0 Å². The van der Waals surface area contributed by atoms with Crippen molar-refractivity contribution in [3.05, 3.63) is 82.9 Å². The molecule has 0 amide bonds. The third kappa shape index (κ3) is 14.8. The molecule has 6 heteroatoms. The lowest BCUT2D eigenvalue weighted by Gasteiger charge is -2.18. The van der Waals surface area contributed by atoms with E-state index >= 15 is 0 Å². The SMILES string of the molecule is C=Cc1cc(OCCCC)c(/C=C\c2ccc(/C=C/c3cc(OCCCC)c(C=C)cc3OCCCC)c(OCCCC)c2OCCCC)cc1OCCCC. The fraction of sp³-hybridized carbons (Fsp3) is 0.480. The van der Waals surface area contributed by atoms with Gasteiger partial charge in [-0.05, 0) is 62.8 Å². The minimum absolute atomic E-state index is 0.584. The lowest BCUT2D eigenvalue weighted by molar-refractivity contribution is 0.261. The Morgan fingerprint density at radius 2 is 0.607 bits per heavy atom. The summed E-state index contributed by atoms with van der Waals surface area (Å²) in [5.41, 5.74) is 5.57. The fourth-order valence-corrected chi connectivity index (χ4v) is 5.72. The second-order valence-corrected chi connectivity index (χ2v) is 14.0. The van der Waals surface area contributed by atoms with Crippen LogP contribution in [-0.2, 0) is 0 Å². The molecule has 0 saturated heterocycles. The summed E-state index contributed by atoms with van der Waals surface area (Å²) in [6.45, 7) is 24.9. The average molecular weight is 767 g/mol. The summed E-state index contributed by atoms with van der Waals surface area (Å²) < 4.78 is 38.3. The summed E-state index contributed by atoms with van der Waals surface area (Å²) in [6.07, 6.45) is 24.1. The Morgan fingerprint density at radius 1 is 0.357 bits per heavy atom. The highest BCUT2D eigenvalue weighted by Gasteiger charge is 2.17. The Balaban J connectivity index is 2.18. The molecule has 3 aromatic rings. The molecule has 56 heavy (non-hydrogen) atoms. The van der Waals surface area contributed by atoms with E-state index in [2.05, 4.69) is 103 Å². The number of unbranched alkanes of at least 4 members (excludes halogenated alkanes) is 6. The zero-order chi connectivity index (χ0) is 40.4. The van der Waals surface area contributed by atoms with Gasteiger partial charge in [-0.1, -0.05) is 142 Å². The average Bonchev–Trinajstić information content (AvgIpc) is 3.21. The number of hydrogen-bond acceptors (Lipinski definition) is 6. The third-order valence-electron chi connectivity index (χ3n) is 9.29. The maximum atomic E-state index is 6.61. The van der Waals surface area contributed by atoms with Crippen LogP contribution in [0, 0.1) is 0 Å². The normalized spacial score (nSPS) is 11.2. The highest BCUT2D eigenvalue weighted by Crippen LogP contribution is 2.40. The van der Waals surface area contributed by atoms with E-state index in [4.69, 9.17) is 28.4 Å². The quantitative estimate of drug-likeness (QED) is 0.0497. The van der Waals surface area contributed by atoms with Crippen LogP contribution in [0.25, 0.3) is 36.5 Å². The van der Waals surface area contributed by atoms with Crippen molar-refractivity contribution in [1.29, 1.82) is 0 Å². The molecular formula is C50H70O6. The highest BCUT2D eigenvalue weighted by molar-refractivity contribution is 5.83. The number of benzene rings is 3. The minimum atomic E-state index is 0.584. The van der Waals surface area contributed by atoms with Crippen LogP contribution in [-0.4, -0.2) is 39.6 Å². The number of rotatable bonds is 30. The van der Waals surface area contributed by atoms with Crippen LogP contribution in [0.4, 0.5) is 0 Å². The van der Waals surface area contributed by atoms with Gasteiger partial charge >= 0.3 is 0 Å². The maximum Gasteiger partial charge on any atom is 0.168 e. The molecule has 0 aliphatic rings. The summed E-state index contributed by atoms with van der Waals surface area (Å²) in [6, 6.07) is 12.4. The van der Waals surface area contributed by atoms with Crippen LogP contribution >= 0.6 is 0 Å². The molecule has 0 radical (unpaired) electrons. The molecule has 3 aromatic carbocycles. The van der Waals surface area contributed by atoms with E-state index in [-0.39, 0.29) is 0 Å². The van der Waals surface area contributed by atoms with Crippen molar-refractivity contribution < 1.29 is 28.4 Å². The standard InChI is InChI=1S/C50H70O6/c1-9-17-29-51-45-37-43(47(35-39(45)15-7)53-31-19-11-3)27-25-41-23-24-42(50(56-34-22-14-6)49(41)55-33-21-13-5)26-28-44-38-46(52-30-18-10-2)40(16-8)36-48(44)54-32-20-12-4/h15-16,23-28,35-38H,7-14,17-22,29-34H2,1-6H3/b27-25-,28-26+. The predicted molar refractivity (Wildman–Crippen MR) is 240 cm³/mol. The van der Waals surface area contributed by atoms with Crippen molar-refractivity contribution in [2.45, 2.75) is 119 Å². The molecule has 0 N–H and O–H groups in total.